The van der Waals surface area contributed by atoms with Gasteiger partial charge in [-0.25, -0.2) is 4.98 Å². The number of hydrogen-bond acceptors (Lipinski definition) is 3. The van der Waals surface area contributed by atoms with Crippen LogP contribution in [0, 0.1) is 5.82 Å². The number of aromatic nitrogens is 2. The van der Waals surface area contributed by atoms with Crippen molar-refractivity contribution in [3.63, 3.8) is 0 Å². The highest BCUT2D eigenvalue weighted by molar-refractivity contribution is 5.17. The summed E-state index contributed by atoms with van der Waals surface area (Å²) >= 11 is 0. The van der Waals surface area contributed by atoms with Crippen molar-refractivity contribution in [2.45, 2.75) is 19.5 Å². The average molecular weight is 268 g/mol. The van der Waals surface area contributed by atoms with Gasteiger partial charge in [0.2, 0.25) is 11.6 Å². The second-order valence-corrected chi connectivity index (χ2v) is 4.01. The van der Waals surface area contributed by atoms with Crippen LogP contribution in [0.3, 0.4) is 0 Å². The van der Waals surface area contributed by atoms with Crippen LogP contribution in [0.15, 0.2) is 36.5 Å². The van der Waals surface area contributed by atoms with Gasteiger partial charge in [0, 0.05) is 6.92 Å². The van der Waals surface area contributed by atoms with Crippen molar-refractivity contribution in [2.75, 3.05) is 0 Å². The third-order valence-corrected chi connectivity index (χ3v) is 2.32. The minimum absolute atomic E-state index is 0.0451. The van der Waals surface area contributed by atoms with Gasteiger partial charge in [0.15, 0.2) is 0 Å². The molecule has 0 saturated carbocycles. The van der Waals surface area contributed by atoms with E-state index in [0.29, 0.717) is 13.1 Å². The zero-order valence-corrected chi connectivity index (χ0v) is 10.1. The van der Waals surface area contributed by atoms with Crippen LogP contribution >= 0.6 is 0 Å². The van der Waals surface area contributed by atoms with Crippen LogP contribution in [0.4, 0.5) is 13.2 Å². The maximum Gasteiger partial charge on any atom is 0.303 e. The molecule has 0 radical (unpaired) electrons. The normalized spacial score (nSPS) is 11.4. The van der Waals surface area contributed by atoms with Crippen molar-refractivity contribution in [2.24, 2.45) is 0 Å². The smallest absolute Gasteiger partial charge is 0.303 e. The van der Waals surface area contributed by atoms with E-state index in [1.165, 1.54) is 0 Å². The quantitative estimate of drug-likeness (QED) is 0.853. The van der Waals surface area contributed by atoms with Crippen molar-refractivity contribution >= 4 is 0 Å². The lowest BCUT2D eigenvalue weighted by Crippen LogP contribution is -2.14. The van der Waals surface area contributed by atoms with E-state index < -0.39 is 23.4 Å². The third kappa shape index (κ3) is 3.43. The standard InChI is InChI=1S/C13H11F3N2O/c1-13(15,16)12-17-7-10(14)11(18-12)19-8-9-5-3-2-4-6-9/h2-7H,8H2,1H3. The fourth-order valence-electron chi connectivity index (χ4n) is 1.39. The molecule has 0 N–H and O–H groups in total. The Morgan fingerprint density at radius 1 is 1.21 bits per heavy atom. The minimum Gasteiger partial charge on any atom is -0.471 e. The van der Waals surface area contributed by atoms with E-state index in [4.69, 9.17) is 4.74 Å². The molecule has 0 fully saturated rings. The van der Waals surface area contributed by atoms with Crippen molar-refractivity contribution in [3.8, 4) is 5.88 Å². The molecule has 0 spiro atoms. The molecular formula is C13H11F3N2O. The second kappa shape index (κ2) is 5.26. The Kier molecular flexibility index (Phi) is 3.69. The zero-order chi connectivity index (χ0) is 13.9. The summed E-state index contributed by atoms with van der Waals surface area (Å²) in [5, 5.41) is 0. The van der Waals surface area contributed by atoms with Gasteiger partial charge in [-0.2, -0.15) is 18.2 Å². The van der Waals surface area contributed by atoms with Gasteiger partial charge in [-0.1, -0.05) is 30.3 Å². The summed E-state index contributed by atoms with van der Waals surface area (Å²) < 4.78 is 44.5. The molecule has 1 aromatic heterocycles. The molecule has 0 amide bonds. The van der Waals surface area contributed by atoms with E-state index in [2.05, 4.69) is 9.97 Å². The molecule has 2 aromatic rings. The van der Waals surface area contributed by atoms with Crippen LogP contribution in [0.2, 0.25) is 0 Å². The Morgan fingerprint density at radius 3 is 2.53 bits per heavy atom. The summed E-state index contributed by atoms with van der Waals surface area (Å²) in [5.41, 5.74) is 0.783. The molecule has 2 rings (SSSR count). The van der Waals surface area contributed by atoms with Crippen LogP contribution in [-0.2, 0) is 12.5 Å². The number of rotatable bonds is 4. The van der Waals surface area contributed by atoms with Gasteiger partial charge in [0.1, 0.15) is 6.61 Å². The molecule has 100 valence electrons. The second-order valence-electron chi connectivity index (χ2n) is 4.01. The highest BCUT2D eigenvalue weighted by Crippen LogP contribution is 2.25. The molecular weight excluding hydrogens is 257 g/mol. The summed E-state index contributed by atoms with van der Waals surface area (Å²) in [6, 6.07) is 8.95. The van der Waals surface area contributed by atoms with Crippen LogP contribution in [-0.4, -0.2) is 9.97 Å². The van der Waals surface area contributed by atoms with Gasteiger partial charge in [-0.15, -0.1) is 0 Å². The largest absolute Gasteiger partial charge is 0.471 e. The maximum absolute atomic E-state index is 13.4. The predicted molar refractivity (Wildman–Crippen MR) is 62.3 cm³/mol. The van der Waals surface area contributed by atoms with E-state index in [-0.39, 0.29) is 6.61 Å². The number of ether oxygens (including phenoxy) is 1. The Bertz CT molecular complexity index is 556. The Labute approximate surface area is 108 Å². The summed E-state index contributed by atoms with van der Waals surface area (Å²) in [4.78, 5) is 6.65. The van der Waals surface area contributed by atoms with Gasteiger partial charge >= 0.3 is 5.92 Å². The summed E-state index contributed by atoms with van der Waals surface area (Å²) in [5.74, 6) is -5.35. The Morgan fingerprint density at radius 2 is 1.89 bits per heavy atom. The molecule has 0 aliphatic rings. The molecule has 19 heavy (non-hydrogen) atoms. The molecule has 0 aliphatic carbocycles. The van der Waals surface area contributed by atoms with E-state index in [1.807, 2.05) is 6.07 Å². The monoisotopic (exact) mass is 268 g/mol. The first-order valence-corrected chi connectivity index (χ1v) is 5.54. The van der Waals surface area contributed by atoms with Gasteiger partial charge in [0.05, 0.1) is 6.20 Å². The van der Waals surface area contributed by atoms with E-state index >= 15 is 0 Å². The fourth-order valence-corrected chi connectivity index (χ4v) is 1.39. The SMILES string of the molecule is CC(F)(F)c1ncc(F)c(OCc2ccccc2)n1. The summed E-state index contributed by atoms with van der Waals surface area (Å²) in [7, 11) is 0. The van der Waals surface area contributed by atoms with Gasteiger partial charge in [-0.3, -0.25) is 0 Å². The number of hydrogen-bond donors (Lipinski definition) is 0. The average Bonchev–Trinajstić information content (AvgIpc) is 2.37. The maximum atomic E-state index is 13.4. The molecule has 6 heteroatoms. The highest BCUT2D eigenvalue weighted by atomic mass is 19.3. The van der Waals surface area contributed by atoms with Gasteiger partial charge < -0.3 is 4.74 Å². The zero-order valence-electron chi connectivity index (χ0n) is 10.1. The molecule has 0 bridgehead atoms. The fraction of sp³-hybridized carbons (Fsp3) is 0.231. The molecule has 0 unspecified atom stereocenters. The summed E-state index contributed by atoms with van der Waals surface area (Å²) in [6.07, 6.45) is 0.681. The molecule has 3 nitrogen and oxygen atoms in total. The molecule has 0 atom stereocenters. The lowest BCUT2D eigenvalue weighted by molar-refractivity contribution is 0.00659. The molecule has 1 heterocycles. The summed E-state index contributed by atoms with van der Waals surface area (Å²) in [6.45, 7) is 0.685. The van der Waals surface area contributed by atoms with E-state index in [9.17, 15) is 13.2 Å². The van der Waals surface area contributed by atoms with Crippen molar-refractivity contribution < 1.29 is 17.9 Å². The van der Waals surface area contributed by atoms with E-state index in [0.717, 1.165) is 5.56 Å². The van der Waals surface area contributed by atoms with Gasteiger partial charge in [-0.05, 0) is 5.56 Å². The van der Waals surface area contributed by atoms with Crippen molar-refractivity contribution in [3.05, 3.63) is 53.7 Å². The van der Waals surface area contributed by atoms with Crippen molar-refractivity contribution in [1.29, 1.82) is 0 Å². The first-order valence-electron chi connectivity index (χ1n) is 5.54. The molecule has 0 saturated heterocycles. The lowest BCUT2D eigenvalue weighted by Gasteiger charge is -2.11. The number of nitrogens with zero attached hydrogens (tertiary/aromatic N) is 2. The molecule has 0 aliphatic heterocycles. The predicted octanol–water partition coefficient (Wildman–Crippen LogP) is 3.31. The number of benzene rings is 1. The Hall–Kier alpha value is -2.11. The third-order valence-electron chi connectivity index (χ3n) is 2.32. The van der Waals surface area contributed by atoms with Crippen LogP contribution in [0.25, 0.3) is 0 Å². The highest BCUT2D eigenvalue weighted by Gasteiger charge is 2.29. The van der Waals surface area contributed by atoms with Crippen LogP contribution in [0.5, 0.6) is 5.88 Å². The topological polar surface area (TPSA) is 35.0 Å². The number of halogens is 3. The molecule has 1 aromatic carbocycles. The first-order chi connectivity index (χ1) is 8.97. The van der Waals surface area contributed by atoms with Crippen molar-refractivity contribution in [1.82, 2.24) is 9.97 Å². The number of alkyl halides is 2. The van der Waals surface area contributed by atoms with Gasteiger partial charge in [0.25, 0.3) is 5.88 Å². The first kappa shape index (κ1) is 13.3. The van der Waals surface area contributed by atoms with Crippen LogP contribution < -0.4 is 4.74 Å². The van der Waals surface area contributed by atoms with E-state index in [1.54, 1.807) is 24.3 Å². The minimum atomic E-state index is -3.24. The van der Waals surface area contributed by atoms with Crippen LogP contribution in [0.1, 0.15) is 18.3 Å². The lowest BCUT2D eigenvalue weighted by atomic mass is 10.2. The Balaban J connectivity index is 2.16.